The van der Waals surface area contributed by atoms with Gasteiger partial charge < -0.3 is 10.6 Å². The lowest BCUT2D eigenvalue weighted by molar-refractivity contribution is -0.121. The molecule has 19 heavy (non-hydrogen) atoms. The second-order valence-electron chi connectivity index (χ2n) is 4.31. The van der Waals surface area contributed by atoms with Gasteiger partial charge in [0.25, 0.3) is 5.91 Å². The second kappa shape index (κ2) is 4.91. The Morgan fingerprint density at radius 1 is 1.21 bits per heavy atom. The molecule has 4 nitrogen and oxygen atoms in total. The van der Waals surface area contributed by atoms with Gasteiger partial charge in [0.2, 0.25) is 5.91 Å². The largest absolute Gasteiger partial charge is 0.368 e. The summed E-state index contributed by atoms with van der Waals surface area (Å²) in [6, 6.07) is 0.428. The van der Waals surface area contributed by atoms with Gasteiger partial charge in [-0.2, -0.15) is 0 Å². The van der Waals surface area contributed by atoms with Crippen LogP contribution in [-0.2, 0) is 4.79 Å². The van der Waals surface area contributed by atoms with E-state index in [-0.39, 0.29) is 12.1 Å². The average molecular weight is 272 g/mol. The molecule has 1 fully saturated rings. The number of carbonyl (C=O) groups is 2. The Bertz CT molecular complexity index is 525. The van der Waals surface area contributed by atoms with Crippen molar-refractivity contribution in [2.75, 3.05) is 6.54 Å². The fraction of sp³-hybridized carbons (Fsp3) is 0.333. The fourth-order valence-corrected chi connectivity index (χ4v) is 2.15. The van der Waals surface area contributed by atoms with Gasteiger partial charge in [-0.1, -0.05) is 0 Å². The molecular formula is C12H11F3N2O2. The van der Waals surface area contributed by atoms with Gasteiger partial charge in [-0.15, -0.1) is 0 Å². The summed E-state index contributed by atoms with van der Waals surface area (Å²) < 4.78 is 38.9. The van der Waals surface area contributed by atoms with Crippen molar-refractivity contribution in [2.24, 2.45) is 5.73 Å². The summed E-state index contributed by atoms with van der Waals surface area (Å²) in [5.74, 6) is -5.94. The molecule has 1 saturated heterocycles. The van der Waals surface area contributed by atoms with Crippen LogP contribution in [0.3, 0.4) is 0 Å². The molecule has 2 N–H and O–H groups in total. The number of rotatable bonds is 2. The van der Waals surface area contributed by atoms with Crippen LogP contribution in [-0.4, -0.2) is 29.3 Å². The molecule has 1 aromatic rings. The molecule has 2 rings (SSSR count). The number of amides is 2. The van der Waals surface area contributed by atoms with Crippen LogP contribution in [0, 0.1) is 17.5 Å². The molecule has 2 amide bonds. The predicted molar refractivity (Wildman–Crippen MR) is 59.6 cm³/mol. The standard InChI is InChI=1S/C12H11F3N2O2/c13-7-4-6(5-8(14)10(7)15)12(19)17-3-1-2-9(17)11(16)18/h4-5,9H,1-3H2,(H2,16,18). The highest BCUT2D eigenvalue weighted by atomic mass is 19.2. The predicted octanol–water partition coefficient (Wildman–Crippen LogP) is 1.19. The van der Waals surface area contributed by atoms with Crippen molar-refractivity contribution in [1.29, 1.82) is 0 Å². The summed E-state index contributed by atoms with van der Waals surface area (Å²) in [4.78, 5) is 24.3. The first kappa shape index (κ1) is 13.4. The lowest BCUT2D eigenvalue weighted by Gasteiger charge is -2.22. The van der Waals surface area contributed by atoms with Crippen LogP contribution >= 0.6 is 0 Å². The average Bonchev–Trinajstić information content (AvgIpc) is 2.83. The molecule has 1 aliphatic rings. The van der Waals surface area contributed by atoms with Crippen molar-refractivity contribution in [2.45, 2.75) is 18.9 Å². The maximum atomic E-state index is 13.1. The molecular weight excluding hydrogens is 261 g/mol. The highest BCUT2D eigenvalue weighted by Gasteiger charge is 2.33. The van der Waals surface area contributed by atoms with E-state index in [0.717, 1.165) is 4.90 Å². The van der Waals surface area contributed by atoms with E-state index < -0.39 is 35.3 Å². The van der Waals surface area contributed by atoms with Crippen LogP contribution in [0.2, 0.25) is 0 Å². The Morgan fingerprint density at radius 2 is 1.79 bits per heavy atom. The SMILES string of the molecule is NC(=O)C1CCCN1C(=O)c1cc(F)c(F)c(F)c1. The van der Waals surface area contributed by atoms with Crippen LogP contribution in [0.4, 0.5) is 13.2 Å². The summed E-state index contributed by atoms with van der Waals surface area (Å²) in [7, 11) is 0. The number of hydrogen-bond acceptors (Lipinski definition) is 2. The molecule has 0 spiro atoms. The number of carbonyl (C=O) groups excluding carboxylic acids is 2. The van der Waals surface area contributed by atoms with Gasteiger partial charge >= 0.3 is 0 Å². The monoisotopic (exact) mass is 272 g/mol. The van der Waals surface area contributed by atoms with Gasteiger partial charge in [0.1, 0.15) is 6.04 Å². The first-order valence-corrected chi connectivity index (χ1v) is 5.66. The summed E-state index contributed by atoms with van der Waals surface area (Å²) >= 11 is 0. The third-order valence-corrected chi connectivity index (χ3v) is 3.07. The zero-order valence-corrected chi connectivity index (χ0v) is 9.83. The third-order valence-electron chi connectivity index (χ3n) is 3.07. The lowest BCUT2D eigenvalue weighted by atomic mass is 10.1. The Hall–Kier alpha value is -2.05. The minimum absolute atomic E-state index is 0.271. The summed E-state index contributed by atoms with van der Waals surface area (Å²) in [6.07, 6.45) is 0.985. The molecule has 1 heterocycles. The molecule has 0 bridgehead atoms. The molecule has 0 radical (unpaired) electrons. The van der Waals surface area contributed by atoms with Gasteiger partial charge in [-0.05, 0) is 25.0 Å². The first-order chi connectivity index (χ1) is 8.91. The molecule has 0 aromatic heterocycles. The van der Waals surface area contributed by atoms with Gasteiger partial charge in [-0.25, -0.2) is 13.2 Å². The van der Waals surface area contributed by atoms with E-state index in [4.69, 9.17) is 5.73 Å². The normalized spacial score (nSPS) is 18.7. The second-order valence-corrected chi connectivity index (χ2v) is 4.31. The Morgan fingerprint density at radius 3 is 2.32 bits per heavy atom. The van der Waals surface area contributed by atoms with Gasteiger partial charge in [0, 0.05) is 12.1 Å². The summed E-state index contributed by atoms with van der Waals surface area (Å²) in [5, 5.41) is 0. The first-order valence-electron chi connectivity index (χ1n) is 5.66. The zero-order chi connectivity index (χ0) is 14.2. The van der Waals surface area contributed by atoms with Gasteiger partial charge in [-0.3, -0.25) is 9.59 Å². The van der Waals surface area contributed by atoms with Crippen molar-refractivity contribution < 1.29 is 22.8 Å². The molecule has 102 valence electrons. The number of hydrogen-bond donors (Lipinski definition) is 1. The molecule has 1 atom stereocenters. The number of nitrogens with zero attached hydrogens (tertiary/aromatic N) is 1. The van der Waals surface area contributed by atoms with Crippen LogP contribution in [0.1, 0.15) is 23.2 Å². The van der Waals surface area contributed by atoms with Crippen molar-refractivity contribution in [1.82, 2.24) is 4.90 Å². The number of nitrogens with two attached hydrogens (primary N) is 1. The molecule has 0 aliphatic carbocycles. The van der Waals surface area contributed by atoms with Crippen molar-refractivity contribution in [3.8, 4) is 0 Å². The van der Waals surface area contributed by atoms with Crippen LogP contribution in [0.5, 0.6) is 0 Å². The van der Waals surface area contributed by atoms with Crippen LogP contribution in [0.15, 0.2) is 12.1 Å². The number of likely N-dealkylation sites (tertiary alicyclic amines) is 1. The van der Waals surface area contributed by atoms with E-state index >= 15 is 0 Å². The summed E-state index contributed by atoms with van der Waals surface area (Å²) in [6.45, 7) is 0.271. The van der Waals surface area contributed by atoms with E-state index in [2.05, 4.69) is 0 Å². The Kier molecular flexibility index (Phi) is 3.46. The highest BCUT2D eigenvalue weighted by molar-refractivity contribution is 5.97. The fourth-order valence-electron chi connectivity index (χ4n) is 2.15. The van der Waals surface area contributed by atoms with E-state index in [9.17, 15) is 22.8 Å². The van der Waals surface area contributed by atoms with E-state index in [1.165, 1.54) is 0 Å². The van der Waals surface area contributed by atoms with Crippen LogP contribution < -0.4 is 5.73 Å². The van der Waals surface area contributed by atoms with E-state index in [1.54, 1.807) is 0 Å². The molecule has 0 saturated carbocycles. The van der Waals surface area contributed by atoms with Crippen molar-refractivity contribution >= 4 is 11.8 Å². The number of halogens is 3. The van der Waals surface area contributed by atoms with E-state index in [1.807, 2.05) is 0 Å². The molecule has 1 unspecified atom stereocenters. The van der Waals surface area contributed by atoms with Gasteiger partial charge in [0.15, 0.2) is 17.5 Å². The van der Waals surface area contributed by atoms with Crippen molar-refractivity contribution in [3.63, 3.8) is 0 Å². The van der Waals surface area contributed by atoms with Crippen LogP contribution in [0.25, 0.3) is 0 Å². The van der Waals surface area contributed by atoms with Crippen molar-refractivity contribution in [3.05, 3.63) is 35.1 Å². The lowest BCUT2D eigenvalue weighted by Crippen LogP contribution is -2.43. The number of benzene rings is 1. The minimum Gasteiger partial charge on any atom is -0.368 e. The Balaban J connectivity index is 2.32. The van der Waals surface area contributed by atoms with E-state index in [0.29, 0.717) is 25.0 Å². The quantitative estimate of drug-likeness (QED) is 0.822. The van der Waals surface area contributed by atoms with Gasteiger partial charge in [0.05, 0.1) is 0 Å². The number of primary amides is 1. The smallest absolute Gasteiger partial charge is 0.254 e. The summed E-state index contributed by atoms with van der Waals surface area (Å²) in [5.41, 5.74) is 4.80. The topological polar surface area (TPSA) is 63.4 Å². The highest BCUT2D eigenvalue weighted by Crippen LogP contribution is 2.21. The third kappa shape index (κ3) is 2.40. The maximum absolute atomic E-state index is 13.1. The molecule has 1 aliphatic heterocycles. The maximum Gasteiger partial charge on any atom is 0.254 e. The minimum atomic E-state index is -1.63. The Labute approximate surface area is 107 Å². The molecule has 7 heteroatoms. The molecule has 1 aromatic carbocycles. The zero-order valence-electron chi connectivity index (χ0n) is 9.83.